The van der Waals surface area contributed by atoms with Crippen LogP contribution in [0.25, 0.3) is 0 Å². The van der Waals surface area contributed by atoms with E-state index in [2.05, 4.69) is 13.8 Å². The van der Waals surface area contributed by atoms with Crippen molar-refractivity contribution in [1.82, 2.24) is 0 Å². The Morgan fingerprint density at radius 3 is 0.627 bits per heavy atom. The highest BCUT2D eigenvalue weighted by molar-refractivity contribution is 4.86. The zero-order valence-corrected chi connectivity index (χ0v) is 35.3. The summed E-state index contributed by atoms with van der Waals surface area (Å²) in [5.41, 5.74) is 0. The van der Waals surface area contributed by atoms with Crippen LogP contribution < -0.4 is 0 Å². The molecule has 0 aromatic heterocycles. The van der Waals surface area contributed by atoms with Gasteiger partial charge in [0.1, 0.15) is 0 Å². The molecular weight excluding hydrogens is 625 g/mol. The van der Waals surface area contributed by atoms with Crippen LogP contribution in [0, 0.1) is 0 Å². The van der Waals surface area contributed by atoms with Crippen molar-refractivity contribution >= 4 is 0 Å². The largest absolute Gasteiger partial charge is 0.349 e. The lowest BCUT2D eigenvalue weighted by molar-refractivity contribution is -0.432. The van der Waals surface area contributed by atoms with Gasteiger partial charge in [0.25, 0.3) is 0 Å². The van der Waals surface area contributed by atoms with Crippen LogP contribution in [0.4, 0.5) is 0 Å². The average Bonchev–Trinajstić information content (AvgIpc) is 3.11. The summed E-state index contributed by atoms with van der Waals surface area (Å²) in [4.78, 5) is 0. The van der Waals surface area contributed by atoms with Crippen LogP contribution in [0.2, 0.25) is 0 Å². The second-order valence-corrected chi connectivity index (χ2v) is 17.3. The maximum atomic E-state index is 6.73. The predicted octanol–water partition coefficient (Wildman–Crippen LogP) is 16.9. The van der Waals surface area contributed by atoms with Gasteiger partial charge >= 0.3 is 0 Å². The average molecular weight is 719 g/mol. The molecule has 2 saturated heterocycles. The van der Waals surface area contributed by atoms with Gasteiger partial charge in [-0.15, -0.1) is 0 Å². The first-order valence-electron chi connectivity index (χ1n) is 24.2. The fourth-order valence-corrected chi connectivity index (χ4v) is 8.60. The molecule has 0 amide bonds. The number of hydrogen-bond acceptors (Lipinski definition) is 3. The Bertz CT molecular complexity index is 641. The fourth-order valence-electron chi connectivity index (χ4n) is 8.60. The Morgan fingerprint density at radius 2 is 0.471 bits per heavy atom. The number of unbranched alkanes of at least 4 members (excludes halogenated alkanes) is 36. The maximum Gasteiger partial charge on any atom is 0.173 e. The van der Waals surface area contributed by atoms with Gasteiger partial charge < -0.3 is 14.2 Å². The predicted molar refractivity (Wildman–Crippen MR) is 224 cm³/mol. The number of rotatable bonds is 42. The molecule has 2 fully saturated rings. The molecule has 3 heteroatoms. The monoisotopic (exact) mass is 719 g/mol. The summed E-state index contributed by atoms with van der Waals surface area (Å²) in [6.07, 6.45) is 58.4. The van der Waals surface area contributed by atoms with Gasteiger partial charge in [-0.2, -0.15) is 0 Å². The van der Waals surface area contributed by atoms with Crippen molar-refractivity contribution in [2.45, 2.75) is 295 Å². The van der Waals surface area contributed by atoms with Gasteiger partial charge in [-0.1, -0.05) is 245 Å². The van der Waals surface area contributed by atoms with Crippen molar-refractivity contribution in [3.8, 4) is 0 Å². The van der Waals surface area contributed by atoms with E-state index in [1.165, 1.54) is 244 Å². The molecule has 3 nitrogen and oxygen atoms in total. The standard InChI is InChI=1S/C48H94O3/c1-3-5-7-9-11-13-15-17-19-21-23-25-27-29-31-33-35-37-39-41-47(43-45-49-47)51-48(44-46-50-48)42-40-38-36-34-32-30-28-26-24-22-20-18-16-14-12-10-8-6-4-2/h3-46H2,1-2H3. The molecule has 51 heavy (non-hydrogen) atoms. The van der Waals surface area contributed by atoms with E-state index in [0.29, 0.717) is 0 Å². The third-order valence-electron chi connectivity index (χ3n) is 12.4. The highest BCUT2D eigenvalue weighted by atomic mass is 16.8. The van der Waals surface area contributed by atoms with E-state index >= 15 is 0 Å². The normalized spacial score (nSPS) is 20.1. The Balaban J connectivity index is 1.33. The molecule has 0 radical (unpaired) electrons. The van der Waals surface area contributed by atoms with Gasteiger partial charge in [0, 0.05) is 25.7 Å². The quantitative estimate of drug-likeness (QED) is 0.0588. The van der Waals surface area contributed by atoms with Crippen LogP contribution in [0.3, 0.4) is 0 Å². The molecule has 2 aliphatic heterocycles. The SMILES string of the molecule is CCCCCCCCCCCCCCCCCCCCCC1(OC2(CCCCCCCCCCCCCCCCCCCCC)CCO2)CCO1. The Morgan fingerprint density at radius 1 is 0.294 bits per heavy atom. The van der Waals surface area contributed by atoms with Crippen molar-refractivity contribution in [3.05, 3.63) is 0 Å². The van der Waals surface area contributed by atoms with E-state index in [0.717, 1.165) is 38.9 Å². The van der Waals surface area contributed by atoms with Crippen molar-refractivity contribution in [2.24, 2.45) is 0 Å². The van der Waals surface area contributed by atoms with Gasteiger partial charge in [-0.25, -0.2) is 0 Å². The first kappa shape index (κ1) is 47.0. The Labute approximate surface area is 321 Å². The molecular formula is C48H94O3. The van der Waals surface area contributed by atoms with E-state index in [1.807, 2.05) is 0 Å². The summed E-state index contributed by atoms with van der Waals surface area (Å²) in [5, 5.41) is 0. The van der Waals surface area contributed by atoms with E-state index in [4.69, 9.17) is 14.2 Å². The van der Waals surface area contributed by atoms with Gasteiger partial charge in [0.2, 0.25) is 0 Å². The third-order valence-corrected chi connectivity index (χ3v) is 12.4. The molecule has 0 saturated carbocycles. The molecule has 0 spiro atoms. The summed E-state index contributed by atoms with van der Waals surface area (Å²) in [6, 6.07) is 0. The molecule has 0 aliphatic carbocycles. The molecule has 2 aliphatic rings. The van der Waals surface area contributed by atoms with Crippen LogP contribution in [0.15, 0.2) is 0 Å². The molecule has 0 aromatic carbocycles. The van der Waals surface area contributed by atoms with E-state index < -0.39 is 0 Å². The van der Waals surface area contributed by atoms with Crippen LogP contribution in [0.5, 0.6) is 0 Å². The summed E-state index contributed by atoms with van der Waals surface area (Å²) in [7, 11) is 0. The van der Waals surface area contributed by atoms with Gasteiger partial charge in [0.05, 0.1) is 13.2 Å². The van der Waals surface area contributed by atoms with Crippen molar-refractivity contribution in [2.75, 3.05) is 13.2 Å². The molecule has 2 rings (SSSR count). The zero-order valence-electron chi connectivity index (χ0n) is 35.3. The van der Waals surface area contributed by atoms with Crippen LogP contribution in [0.1, 0.15) is 284 Å². The van der Waals surface area contributed by atoms with Crippen molar-refractivity contribution in [1.29, 1.82) is 0 Å². The molecule has 0 aromatic rings. The maximum absolute atomic E-state index is 6.73. The van der Waals surface area contributed by atoms with Crippen molar-refractivity contribution in [3.63, 3.8) is 0 Å². The Hall–Kier alpha value is -0.120. The molecule has 0 bridgehead atoms. The highest BCUT2D eigenvalue weighted by Gasteiger charge is 2.50. The molecule has 2 atom stereocenters. The fraction of sp³-hybridized carbons (Fsp3) is 1.00. The van der Waals surface area contributed by atoms with E-state index in [1.54, 1.807) is 0 Å². The lowest BCUT2D eigenvalue weighted by Crippen LogP contribution is -2.57. The number of ether oxygens (including phenoxy) is 3. The summed E-state index contributed by atoms with van der Waals surface area (Å²) < 4.78 is 19.0. The highest BCUT2D eigenvalue weighted by Crippen LogP contribution is 2.44. The Kier molecular flexibility index (Phi) is 31.7. The molecule has 0 N–H and O–H groups in total. The zero-order chi connectivity index (χ0) is 36.2. The number of hydrogen-bond donors (Lipinski definition) is 0. The molecule has 2 unspecified atom stereocenters. The minimum absolute atomic E-state index is 0.344. The van der Waals surface area contributed by atoms with Gasteiger partial charge in [0.15, 0.2) is 11.6 Å². The van der Waals surface area contributed by atoms with Crippen LogP contribution >= 0.6 is 0 Å². The first-order valence-corrected chi connectivity index (χ1v) is 24.2. The van der Waals surface area contributed by atoms with E-state index in [-0.39, 0.29) is 11.6 Å². The van der Waals surface area contributed by atoms with Gasteiger partial charge in [-0.3, -0.25) is 0 Å². The minimum Gasteiger partial charge on any atom is -0.349 e. The molecule has 2 heterocycles. The second kappa shape index (κ2) is 34.4. The first-order chi connectivity index (χ1) is 25.2. The molecule has 304 valence electrons. The van der Waals surface area contributed by atoms with Crippen LogP contribution in [-0.4, -0.2) is 24.8 Å². The van der Waals surface area contributed by atoms with Crippen LogP contribution in [-0.2, 0) is 14.2 Å². The van der Waals surface area contributed by atoms with E-state index in [9.17, 15) is 0 Å². The summed E-state index contributed by atoms with van der Waals surface area (Å²) in [6.45, 7) is 6.32. The lowest BCUT2D eigenvalue weighted by Gasteiger charge is -2.51. The summed E-state index contributed by atoms with van der Waals surface area (Å²) >= 11 is 0. The van der Waals surface area contributed by atoms with Gasteiger partial charge in [-0.05, 0) is 12.8 Å². The second-order valence-electron chi connectivity index (χ2n) is 17.3. The topological polar surface area (TPSA) is 27.7 Å². The lowest BCUT2D eigenvalue weighted by atomic mass is 9.95. The summed E-state index contributed by atoms with van der Waals surface area (Å²) in [5.74, 6) is -0.689. The smallest absolute Gasteiger partial charge is 0.173 e. The minimum atomic E-state index is -0.344. The third kappa shape index (κ3) is 26.3. The van der Waals surface area contributed by atoms with Crippen molar-refractivity contribution < 1.29 is 14.2 Å².